The number of benzene rings is 1. The van der Waals surface area contributed by atoms with E-state index in [1.165, 1.54) is 7.11 Å². The number of amides is 2. The number of ether oxygens (including phenoxy) is 2. The second-order valence-electron chi connectivity index (χ2n) is 7.23. The van der Waals surface area contributed by atoms with Crippen LogP contribution in [0.4, 0.5) is 5.69 Å². The van der Waals surface area contributed by atoms with E-state index < -0.39 is 5.41 Å². The number of hydrogen-bond acceptors (Lipinski definition) is 5. The Morgan fingerprint density at radius 1 is 1.04 bits per heavy atom. The van der Waals surface area contributed by atoms with Crippen LogP contribution in [-0.2, 0) is 16.1 Å². The highest BCUT2D eigenvalue weighted by molar-refractivity contribution is 5.93. The van der Waals surface area contributed by atoms with Crippen LogP contribution in [0.5, 0.6) is 11.5 Å². The van der Waals surface area contributed by atoms with Gasteiger partial charge in [0.2, 0.25) is 11.8 Å². The maximum atomic E-state index is 12.5. The molecule has 28 heavy (non-hydrogen) atoms. The lowest BCUT2D eigenvalue weighted by Crippen LogP contribution is -2.31. The molecule has 150 valence electrons. The number of carbonyl (C=O) groups excluding carboxylic acids is 2. The summed E-state index contributed by atoms with van der Waals surface area (Å²) in [7, 11) is 3.09. The molecule has 0 radical (unpaired) electrons. The van der Waals surface area contributed by atoms with E-state index in [0.717, 1.165) is 5.69 Å². The van der Waals surface area contributed by atoms with Gasteiger partial charge in [0.25, 0.3) is 0 Å². The largest absolute Gasteiger partial charge is 0.497 e. The van der Waals surface area contributed by atoms with Crippen molar-refractivity contribution in [2.45, 2.75) is 33.2 Å². The minimum atomic E-state index is -0.502. The molecule has 1 heterocycles. The quantitative estimate of drug-likeness (QED) is 0.692. The molecular weight excluding hydrogens is 358 g/mol. The van der Waals surface area contributed by atoms with E-state index in [1.807, 2.05) is 32.0 Å². The molecule has 0 saturated heterocycles. The monoisotopic (exact) mass is 385 g/mol. The minimum Gasteiger partial charge on any atom is -0.497 e. The van der Waals surface area contributed by atoms with Gasteiger partial charge in [0.05, 0.1) is 32.1 Å². The normalized spacial score (nSPS) is 10.9. The summed E-state index contributed by atoms with van der Waals surface area (Å²) in [6, 6.07) is 10.7. The third-order valence-corrected chi connectivity index (χ3v) is 4.15. The number of nitrogens with zero attached hydrogens (tertiary/aromatic N) is 1. The fraction of sp³-hybridized carbons (Fsp3) is 0.381. The van der Waals surface area contributed by atoms with Gasteiger partial charge in [-0.05, 0) is 29.7 Å². The summed E-state index contributed by atoms with van der Waals surface area (Å²) in [5.41, 5.74) is 0.847. The number of aromatic nitrogens is 1. The van der Waals surface area contributed by atoms with E-state index in [1.54, 1.807) is 31.5 Å². The molecule has 7 heteroatoms. The summed E-state index contributed by atoms with van der Waals surface area (Å²) in [6.07, 6.45) is 2.11. The van der Waals surface area contributed by atoms with Crippen molar-refractivity contribution in [3.63, 3.8) is 0 Å². The summed E-state index contributed by atoms with van der Waals surface area (Å²) >= 11 is 0. The molecule has 0 aliphatic rings. The predicted molar refractivity (Wildman–Crippen MR) is 107 cm³/mol. The van der Waals surface area contributed by atoms with Gasteiger partial charge in [-0.3, -0.25) is 14.6 Å². The Balaban J connectivity index is 1.88. The third kappa shape index (κ3) is 6.57. The van der Waals surface area contributed by atoms with Crippen LogP contribution in [0.25, 0.3) is 0 Å². The van der Waals surface area contributed by atoms with Gasteiger partial charge in [-0.2, -0.15) is 0 Å². The Labute approximate surface area is 165 Å². The van der Waals surface area contributed by atoms with Crippen LogP contribution >= 0.6 is 0 Å². The number of anilines is 1. The first-order valence-corrected chi connectivity index (χ1v) is 9.01. The molecule has 1 aromatic carbocycles. The molecule has 2 amide bonds. The van der Waals surface area contributed by atoms with Gasteiger partial charge < -0.3 is 20.1 Å². The van der Waals surface area contributed by atoms with E-state index in [0.29, 0.717) is 23.7 Å². The lowest BCUT2D eigenvalue weighted by atomic mass is 9.85. The van der Waals surface area contributed by atoms with Crippen LogP contribution in [0.15, 0.2) is 42.6 Å². The van der Waals surface area contributed by atoms with Crippen molar-refractivity contribution in [2.75, 3.05) is 19.5 Å². The van der Waals surface area contributed by atoms with E-state index >= 15 is 0 Å². The Bertz CT molecular complexity index is 807. The molecule has 0 spiro atoms. The number of rotatable bonds is 9. The Morgan fingerprint density at radius 3 is 2.43 bits per heavy atom. The zero-order chi connectivity index (χ0) is 20.6. The number of carbonyl (C=O) groups is 2. The van der Waals surface area contributed by atoms with Crippen molar-refractivity contribution >= 4 is 17.5 Å². The van der Waals surface area contributed by atoms with Crippen LogP contribution in [-0.4, -0.2) is 31.0 Å². The lowest BCUT2D eigenvalue weighted by Gasteiger charge is -2.23. The summed E-state index contributed by atoms with van der Waals surface area (Å²) in [5, 5.41) is 5.68. The first-order chi connectivity index (χ1) is 13.3. The zero-order valence-electron chi connectivity index (χ0n) is 16.7. The van der Waals surface area contributed by atoms with Gasteiger partial charge in [-0.25, -0.2) is 0 Å². The zero-order valence-corrected chi connectivity index (χ0v) is 16.7. The van der Waals surface area contributed by atoms with E-state index in [9.17, 15) is 9.59 Å². The van der Waals surface area contributed by atoms with Crippen LogP contribution < -0.4 is 20.1 Å². The van der Waals surface area contributed by atoms with E-state index in [-0.39, 0.29) is 24.7 Å². The summed E-state index contributed by atoms with van der Waals surface area (Å²) in [5.74, 6) is 0.842. The second-order valence-corrected chi connectivity index (χ2v) is 7.23. The van der Waals surface area contributed by atoms with Crippen LogP contribution in [0, 0.1) is 5.41 Å². The average molecular weight is 385 g/mol. The molecule has 1 aromatic heterocycles. The standard InChI is InChI=1S/C21H27N3O4/c1-21(2,12-19(25)23-14-15-7-5-6-10-22-15)13-20(26)24-17-9-8-16(27-3)11-18(17)28-4/h5-11H,12-14H2,1-4H3,(H,23,25)(H,24,26). The minimum absolute atomic E-state index is 0.120. The van der Waals surface area contributed by atoms with E-state index in [4.69, 9.17) is 9.47 Å². The molecule has 0 bridgehead atoms. The molecule has 2 N–H and O–H groups in total. The highest BCUT2D eigenvalue weighted by atomic mass is 16.5. The van der Waals surface area contributed by atoms with Crippen LogP contribution in [0.1, 0.15) is 32.4 Å². The Kier molecular flexibility index (Phi) is 7.37. The fourth-order valence-electron chi connectivity index (χ4n) is 2.78. The predicted octanol–water partition coefficient (Wildman–Crippen LogP) is 3.16. The Morgan fingerprint density at radius 2 is 1.79 bits per heavy atom. The number of nitrogens with one attached hydrogen (secondary N) is 2. The van der Waals surface area contributed by atoms with Crippen molar-refractivity contribution in [3.8, 4) is 11.5 Å². The Hall–Kier alpha value is -3.09. The highest BCUT2D eigenvalue weighted by Gasteiger charge is 2.26. The highest BCUT2D eigenvalue weighted by Crippen LogP contribution is 2.31. The van der Waals surface area contributed by atoms with E-state index in [2.05, 4.69) is 15.6 Å². The van der Waals surface area contributed by atoms with Crippen molar-refractivity contribution in [3.05, 3.63) is 48.3 Å². The van der Waals surface area contributed by atoms with Crippen molar-refractivity contribution in [1.82, 2.24) is 10.3 Å². The molecular formula is C21H27N3O4. The summed E-state index contributed by atoms with van der Waals surface area (Å²) < 4.78 is 10.4. The second kappa shape index (κ2) is 9.73. The molecule has 7 nitrogen and oxygen atoms in total. The fourth-order valence-corrected chi connectivity index (χ4v) is 2.78. The molecule has 2 rings (SSSR count). The number of methoxy groups -OCH3 is 2. The van der Waals surface area contributed by atoms with Crippen molar-refractivity contribution in [2.24, 2.45) is 5.41 Å². The van der Waals surface area contributed by atoms with Crippen LogP contribution in [0.2, 0.25) is 0 Å². The number of hydrogen-bond donors (Lipinski definition) is 2. The molecule has 0 saturated carbocycles. The van der Waals surface area contributed by atoms with Gasteiger partial charge >= 0.3 is 0 Å². The van der Waals surface area contributed by atoms with Crippen molar-refractivity contribution in [1.29, 1.82) is 0 Å². The molecule has 0 fully saturated rings. The molecule has 0 unspecified atom stereocenters. The van der Waals surface area contributed by atoms with Crippen molar-refractivity contribution < 1.29 is 19.1 Å². The summed E-state index contributed by atoms with van der Waals surface area (Å²) in [4.78, 5) is 28.9. The molecule has 2 aromatic rings. The number of pyridine rings is 1. The maximum absolute atomic E-state index is 12.5. The topological polar surface area (TPSA) is 89.5 Å². The van der Waals surface area contributed by atoms with Gasteiger partial charge in [0.15, 0.2) is 0 Å². The molecule has 0 aliphatic carbocycles. The average Bonchev–Trinajstić information content (AvgIpc) is 2.66. The van der Waals surface area contributed by atoms with Gasteiger partial charge in [-0.1, -0.05) is 19.9 Å². The maximum Gasteiger partial charge on any atom is 0.225 e. The third-order valence-electron chi connectivity index (χ3n) is 4.15. The first-order valence-electron chi connectivity index (χ1n) is 9.01. The molecule has 0 aliphatic heterocycles. The smallest absolute Gasteiger partial charge is 0.225 e. The van der Waals surface area contributed by atoms with Gasteiger partial charge in [-0.15, -0.1) is 0 Å². The van der Waals surface area contributed by atoms with Crippen LogP contribution in [0.3, 0.4) is 0 Å². The SMILES string of the molecule is COc1ccc(NC(=O)CC(C)(C)CC(=O)NCc2ccccn2)c(OC)c1. The molecule has 0 atom stereocenters. The summed E-state index contributed by atoms with van der Waals surface area (Å²) in [6.45, 7) is 4.14. The van der Waals surface area contributed by atoms with Gasteiger partial charge in [0.1, 0.15) is 11.5 Å². The first kappa shape index (κ1) is 21.2. The van der Waals surface area contributed by atoms with Gasteiger partial charge in [0, 0.05) is 25.1 Å². The lowest BCUT2D eigenvalue weighted by molar-refractivity contribution is -0.124.